The lowest BCUT2D eigenvalue weighted by molar-refractivity contribution is 0.448. The van der Waals surface area contributed by atoms with Gasteiger partial charge in [-0.1, -0.05) is 13.8 Å². The molecule has 1 atom stereocenters. The molecule has 1 unspecified atom stereocenters. The highest BCUT2D eigenvalue weighted by Gasteiger charge is 2.08. The molecule has 0 aliphatic heterocycles. The molecule has 0 saturated carbocycles. The maximum Gasteiger partial charge on any atom is 0.0377 e. The second-order valence-electron chi connectivity index (χ2n) is 4.32. The molecule has 1 aromatic heterocycles. The standard InChI is InChI=1S/C12H20ClNS/c1-10(2)7-12(8-13)14-5-3-11-4-6-15-9-11/h4,6,9-10,12,14H,3,5,7-8H2,1-2H3. The van der Waals surface area contributed by atoms with E-state index in [1.54, 1.807) is 11.3 Å². The Balaban J connectivity index is 2.17. The smallest absolute Gasteiger partial charge is 0.0377 e. The third-order valence-corrected chi connectivity index (χ3v) is 3.47. The minimum absolute atomic E-state index is 0.463. The predicted molar refractivity (Wildman–Crippen MR) is 70.0 cm³/mol. The van der Waals surface area contributed by atoms with Crippen LogP contribution in [0.1, 0.15) is 25.8 Å². The summed E-state index contributed by atoms with van der Waals surface area (Å²) in [7, 11) is 0. The second-order valence-corrected chi connectivity index (χ2v) is 5.41. The summed E-state index contributed by atoms with van der Waals surface area (Å²) in [6.07, 6.45) is 2.27. The third-order valence-electron chi connectivity index (χ3n) is 2.37. The molecule has 0 aliphatic carbocycles. The van der Waals surface area contributed by atoms with Crippen molar-refractivity contribution in [3.05, 3.63) is 22.4 Å². The Morgan fingerprint density at radius 3 is 2.80 bits per heavy atom. The zero-order chi connectivity index (χ0) is 11.1. The van der Waals surface area contributed by atoms with Gasteiger partial charge in [-0.05, 0) is 47.7 Å². The molecule has 0 bridgehead atoms. The average Bonchev–Trinajstić information content (AvgIpc) is 2.68. The number of halogens is 1. The molecule has 1 aromatic rings. The molecule has 0 spiro atoms. The number of alkyl halides is 1. The molecule has 1 heterocycles. The Labute approximate surface area is 102 Å². The summed E-state index contributed by atoms with van der Waals surface area (Å²) in [6.45, 7) is 5.50. The van der Waals surface area contributed by atoms with Gasteiger partial charge < -0.3 is 5.32 Å². The Morgan fingerprint density at radius 2 is 2.27 bits per heavy atom. The first-order valence-electron chi connectivity index (χ1n) is 5.52. The first-order valence-corrected chi connectivity index (χ1v) is 7.00. The number of hydrogen-bond donors (Lipinski definition) is 1. The summed E-state index contributed by atoms with van der Waals surface area (Å²) in [5.74, 6) is 1.42. The van der Waals surface area contributed by atoms with Crippen molar-refractivity contribution in [2.75, 3.05) is 12.4 Å². The van der Waals surface area contributed by atoms with Crippen LogP contribution >= 0.6 is 22.9 Å². The molecule has 86 valence electrons. The average molecular weight is 246 g/mol. The van der Waals surface area contributed by atoms with E-state index in [2.05, 4.69) is 36.0 Å². The molecular formula is C12H20ClNS. The van der Waals surface area contributed by atoms with Gasteiger partial charge in [-0.25, -0.2) is 0 Å². The van der Waals surface area contributed by atoms with E-state index in [0.29, 0.717) is 17.8 Å². The molecule has 1 rings (SSSR count). The molecular weight excluding hydrogens is 226 g/mol. The van der Waals surface area contributed by atoms with Gasteiger partial charge in [-0.2, -0.15) is 11.3 Å². The van der Waals surface area contributed by atoms with Crippen LogP contribution in [0, 0.1) is 5.92 Å². The normalized spacial score (nSPS) is 13.3. The van der Waals surface area contributed by atoms with Crippen LogP contribution in [-0.2, 0) is 6.42 Å². The summed E-state index contributed by atoms with van der Waals surface area (Å²) in [5, 5.41) is 7.85. The Hall–Kier alpha value is -0.0500. The second kappa shape index (κ2) is 7.26. The first-order chi connectivity index (χ1) is 7.22. The highest BCUT2D eigenvalue weighted by atomic mass is 35.5. The van der Waals surface area contributed by atoms with E-state index in [1.807, 2.05) is 0 Å². The molecule has 0 aromatic carbocycles. The number of nitrogens with one attached hydrogen (secondary N) is 1. The van der Waals surface area contributed by atoms with Gasteiger partial charge in [0.15, 0.2) is 0 Å². The highest BCUT2D eigenvalue weighted by molar-refractivity contribution is 7.07. The lowest BCUT2D eigenvalue weighted by Crippen LogP contribution is -2.33. The van der Waals surface area contributed by atoms with Crippen molar-refractivity contribution in [1.82, 2.24) is 5.32 Å². The maximum absolute atomic E-state index is 5.91. The van der Waals surface area contributed by atoms with E-state index in [1.165, 1.54) is 5.56 Å². The van der Waals surface area contributed by atoms with Crippen molar-refractivity contribution in [2.45, 2.75) is 32.7 Å². The van der Waals surface area contributed by atoms with Crippen LogP contribution < -0.4 is 5.32 Å². The van der Waals surface area contributed by atoms with E-state index < -0.39 is 0 Å². The fraction of sp³-hybridized carbons (Fsp3) is 0.667. The maximum atomic E-state index is 5.91. The minimum atomic E-state index is 0.463. The first kappa shape index (κ1) is 13.0. The molecule has 0 amide bonds. The zero-order valence-corrected chi connectivity index (χ0v) is 11.1. The van der Waals surface area contributed by atoms with E-state index in [4.69, 9.17) is 11.6 Å². The molecule has 0 fully saturated rings. The van der Waals surface area contributed by atoms with Gasteiger partial charge in [0.05, 0.1) is 0 Å². The van der Waals surface area contributed by atoms with Gasteiger partial charge in [-0.3, -0.25) is 0 Å². The minimum Gasteiger partial charge on any atom is -0.312 e. The van der Waals surface area contributed by atoms with Crippen molar-refractivity contribution in [1.29, 1.82) is 0 Å². The molecule has 15 heavy (non-hydrogen) atoms. The molecule has 0 saturated heterocycles. The van der Waals surface area contributed by atoms with Gasteiger partial charge >= 0.3 is 0 Å². The molecule has 0 aliphatic rings. The molecule has 1 nitrogen and oxygen atoms in total. The third kappa shape index (κ3) is 5.55. The summed E-state index contributed by atoms with van der Waals surface area (Å²) in [5.41, 5.74) is 1.42. The van der Waals surface area contributed by atoms with Crippen molar-refractivity contribution in [3.8, 4) is 0 Å². The zero-order valence-electron chi connectivity index (χ0n) is 9.50. The fourth-order valence-corrected chi connectivity index (χ4v) is 2.56. The molecule has 0 radical (unpaired) electrons. The fourth-order valence-electron chi connectivity index (χ4n) is 1.63. The Morgan fingerprint density at radius 1 is 1.47 bits per heavy atom. The summed E-state index contributed by atoms with van der Waals surface area (Å²) in [4.78, 5) is 0. The van der Waals surface area contributed by atoms with E-state index >= 15 is 0 Å². The van der Waals surface area contributed by atoms with Crippen LogP contribution in [0.2, 0.25) is 0 Å². The molecule has 3 heteroatoms. The predicted octanol–water partition coefficient (Wildman–Crippen LogP) is 3.53. The van der Waals surface area contributed by atoms with Gasteiger partial charge in [0.2, 0.25) is 0 Å². The summed E-state index contributed by atoms with van der Waals surface area (Å²) in [6, 6.07) is 2.65. The summed E-state index contributed by atoms with van der Waals surface area (Å²) >= 11 is 7.67. The van der Waals surface area contributed by atoms with Crippen molar-refractivity contribution in [3.63, 3.8) is 0 Å². The van der Waals surface area contributed by atoms with Crippen LogP contribution in [-0.4, -0.2) is 18.5 Å². The monoisotopic (exact) mass is 245 g/mol. The van der Waals surface area contributed by atoms with E-state index in [9.17, 15) is 0 Å². The van der Waals surface area contributed by atoms with Crippen molar-refractivity contribution >= 4 is 22.9 Å². The molecule has 1 N–H and O–H groups in total. The van der Waals surface area contributed by atoms with Crippen LogP contribution in [0.5, 0.6) is 0 Å². The Kier molecular flexibility index (Phi) is 6.30. The van der Waals surface area contributed by atoms with Crippen molar-refractivity contribution < 1.29 is 0 Å². The quantitative estimate of drug-likeness (QED) is 0.725. The lowest BCUT2D eigenvalue weighted by atomic mass is 10.1. The highest BCUT2D eigenvalue weighted by Crippen LogP contribution is 2.08. The largest absolute Gasteiger partial charge is 0.312 e. The van der Waals surface area contributed by atoms with Gasteiger partial charge in [-0.15, -0.1) is 11.6 Å². The number of rotatable bonds is 7. The SMILES string of the molecule is CC(C)CC(CCl)NCCc1ccsc1. The van der Waals surface area contributed by atoms with Gasteiger partial charge in [0.25, 0.3) is 0 Å². The van der Waals surface area contributed by atoms with Crippen LogP contribution in [0.4, 0.5) is 0 Å². The topological polar surface area (TPSA) is 12.0 Å². The summed E-state index contributed by atoms with van der Waals surface area (Å²) < 4.78 is 0. The van der Waals surface area contributed by atoms with Crippen LogP contribution in [0.25, 0.3) is 0 Å². The van der Waals surface area contributed by atoms with Gasteiger partial charge in [0, 0.05) is 11.9 Å². The van der Waals surface area contributed by atoms with E-state index in [-0.39, 0.29) is 0 Å². The Bertz CT molecular complexity index is 246. The van der Waals surface area contributed by atoms with E-state index in [0.717, 1.165) is 19.4 Å². The van der Waals surface area contributed by atoms with Crippen molar-refractivity contribution in [2.24, 2.45) is 5.92 Å². The van der Waals surface area contributed by atoms with Gasteiger partial charge in [0.1, 0.15) is 0 Å². The van der Waals surface area contributed by atoms with Crippen LogP contribution in [0.3, 0.4) is 0 Å². The van der Waals surface area contributed by atoms with Crippen LogP contribution in [0.15, 0.2) is 16.8 Å². The number of hydrogen-bond acceptors (Lipinski definition) is 2. The lowest BCUT2D eigenvalue weighted by Gasteiger charge is -2.17. The number of thiophene rings is 1.